The van der Waals surface area contributed by atoms with E-state index >= 15 is 0 Å². The molecular weight excluding hydrogens is 314 g/mol. The van der Waals surface area contributed by atoms with Crippen molar-refractivity contribution in [2.24, 2.45) is 7.05 Å². The number of amides is 1. The summed E-state index contributed by atoms with van der Waals surface area (Å²) in [6.45, 7) is 0. The van der Waals surface area contributed by atoms with Crippen LogP contribution >= 0.6 is 0 Å². The van der Waals surface area contributed by atoms with Crippen LogP contribution in [0, 0.1) is 0 Å². The predicted molar refractivity (Wildman–Crippen MR) is 84.9 cm³/mol. The van der Waals surface area contributed by atoms with E-state index in [0.29, 0.717) is 11.3 Å². The number of carbonyl (C=O) groups excluding carboxylic acids is 1. The zero-order chi connectivity index (χ0) is 17.7. The van der Waals surface area contributed by atoms with Crippen LogP contribution in [0.5, 0.6) is 5.75 Å². The summed E-state index contributed by atoms with van der Waals surface area (Å²) in [7, 11) is 2.95. The number of benzene rings is 1. The lowest BCUT2D eigenvalue weighted by Crippen LogP contribution is -2.32. The number of ether oxygens (including phenoxy) is 1. The van der Waals surface area contributed by atoms with Gasteiger partial charge in [-0.2, -0.15) is 5.10 Å². The number of hydrogen-bond donors (Lipinski definition) is 2. The minimum absolute atomic E-state index is 0.0287. The van der Waals surface area contributed by atoms with Crippen LogP contribution in [0.15, 0.2) is 41.2 Å². The van der Waals surface area contributed by atoms with Gasteiger partial charge in [0.2, 0.25) is 0 Å². The summed E-state index contributed by atoms with van der Waals surface area (Å²) in [6.07, 6.45) is -0.288. The zero-order valence-electron chi connectivity index (χ0n) is 13.2. The second-order valence-electron chi connectivity index (χ2n) is 5.08. The van der Waals surface area contributed by atoms with Crippen molar-refractivity contribution in [3.63, 3.8) is 0 Å². The molecule has 0 spiro atoms. The molecule has 0 aliphatic rings. The molecule has 0 radical (unpaired) electrons. The minimum Gasteiger partial charge on any atom is -0.497 e. The largest absolute Gasteiger partial charge is 0.497 e. The van der Waals surface area contributed by atoms with Crippen molar-refractivity contribution in [2.45, 2.75) is 12.5 Å². The van der Waals surface area contributed by atoms with Crippen molar-refractivity contribution in [1.29, 1.82) is 0 Å². The highest BCUT2D eigenvalue weighted by Gasteiger charge is 2.20. The highest BCUT2D eigenvalue weighted by Crippen LogP contribution is 2.20. The van der Waals surface area contributed by atoms with Crippen LogP contribution in [0.4, 0.5) is 0 Å². The molecule has 0 unspecified atom stereocenters. The van der Waals surface area contributed by atoms with E-state index in [1.54, 1.807) is 24.3 Å². The van der Waals surface area contributed by atoms with E-state index in [-0.39, 0.29) is 17.7 Å². The summed E-state index contributed by atoms with van der Waals surface area (Å²) >= 11 is 0. The van der Waals surface area contributed by atoms with Crippen LogP contribution in [0.2, 0.25) is 0 Å². The summed E-state index contributed by atoms with van der Waals surface area (Å²) in [5.74, 6) is -0.990. The molecule has 1 aromatic carbocycles. The fourth-order valence-electron chi connectivity index (χ4n) is 2.12. The third-order valence-corrected chi connectivity index (χ3v) is 3.40. The predicted octanol–water partition coefficient (Wildman–Crippen LogP) is 0.735. The first kappa shape index (κ1) is 17.2. The Morgan fingerprint density at radius 2 is 1.92 bits per heavy atom. The van der Waals surface area contributed by atoms with Gasteiger partial charge in [0.15, 0.2) is 0 Å². The standard InChI is InChI=1S/C16H17N3O5/c1-19-14(20)8-7-12(18-19)16(23)17-13(9-15(21)22)10-3-5-11(24-2)6-4-10/h3-8,13H,9H2,1-2H3,(H,17,23)(H,21,22)/t13-/m1/s1. The molecule has 0 fully saturated rings. The van der Waals surface area contributed by atoms with Gasteiger partial charge in [0.05, 0.1) is 19.6 Å². The molecule has 1 atom stereocenters. The molecule has 0 aliphatic carbocycles. The zero-order valence-corrected chi connectivity index (χ0v) is 13.2. The van der Waals surface area contributed by atoms with E-state index in [0.717, 1.165) is 4.68 Å². The van der Waals surface area contributed by atoms with Gasteiger partial charge in [-0.3, -0.25) is 14.4 Å². The molecule has 0 saturated heterocycles. The van der Waals surface area contributed by atoms with Crippen molar-refractivity contribution in [3.05, 3.63) is 58.0 Å². The van der Waals surface area contributed by atoms with E-state index in [1.807, 2.05) is 0 Å². The molecule has 0 bridgehead atoms. The van der Waals surface area contributed by atoms with Gasteiger partial charge in [0, 0.05) is 13.1 Å². The third-order valence-electron chi connectivity index (χ3n) is 3.40. The lowest BCUT2D eigenvalue weighted by atomic mass is 10.0. The summed E-state index contributed by atoms with van der Waals surface area (Å²) in [6, 6.07) is 8.51. The number of nitrogens with one attached hydrogen (secondary N) is 1. The first-order valence-electron chi connectivity index (χ1n) is 7.11. The number of carboxylic acid groups (broad SMARTS) is 1. The number of methoxy groups -OCH3 is 1. The van der Waals surface area contributed by atoms with Crippen molar-refractivity contribution in [1.82, 2.24) is 15.1 Å². The highest BCUT2D eigenvalue weighted by molar-refractivity contribution is 5.92. The van der Waals surface area contributed by atoms with Gasteiger partial charge in [-0.15, -0.1) is 0 Å². The molecule has 8 nitrogen and oxygen atoms in total. The highest BCUT2D eigenvalue weighted by atomic mass is 16.5. The van der Waals surface area contributed by atoms with E-state index in [9.17, 15) is 14.4 Å². The molecule has 1 heterocycles. The lowest BCUT2D eigenvalue weighted by molar-refractivity contribution is -0.137. The monoisotopic (exact) mass is 331 g/mol. The summed E-state index contributed by atoms with van der Waals surface area (Å²) < 4.78 is 6.09. The quantitative estimate of drug-likeness (QED) is 0.807. The Hall–Kier alpha value is -3.16. The molecule has 8 heteroatoms. The maximum Gasteiger partial charge on any atom is 0.305 e. The van der Waals surface area contributed by atoms with E-state index in [4.69, 9.17) is 9.84 Å². The molecule has 2 rings (SSSR count). The SMILES string of the molecule is COc1ccc([C@@H](CC(=O)O)NC(=O)c2ccc(=O)n(C)n2)cc1. The third kappa shape index (κ3) is 4.19. The van der Waals surface area contributed by atoms with Crippen LogP contribution in [-0.4, -0.2) is 33.9 Å². The molecule has 2 N–H and O–H groups in total. The molecule has 0 saturated carbocycles. The van der Waals surface area contributed by atoms with Crippen molar-refractivity contribution >= 4 is 11.9 Å². The minimum atomic E-state index is -1.05. The molecule has 1 amide bonds. The smallest absolute Gasteiger partial charge is 0.305 e. The Kier molecular flexibility index (Phi) is 5.31. The second-order valence-corrected chi connectivity index (χ2v) is 5.08. The van der Waals surface area contributed by atoms with Gasteiger partial charge in [-0.1, -0.05) is 12.1 Å². The van der Waals surface area contributed by atoms with Crippen molar-refractivity contribution in [3.8, 4) is 5.75 Å². The van der Waals surface area contributed by atoms with Crippen LogP contribution in [0.25, 0.3) is 0 Å². The molecule has 2 aromatic rings. The first-order valence-corrected chi connectivity index (χ1v) is 7.11. The summed E-state index contributed by atoms with van der Waals surface area (Å²) in [5.41, 5.74) is 0.307. The topological polar surface area (TPSA) is 111 Å². The number of aryl methyl sites for hydroxylation is 1. The molecule has 24 heavy (non-hydrogen) atoms. The normalized spacial score (nSPS) is 11.6. The average Bonchev–Trinajstić information content (AvgIpc) is 2.56. The van der Waals surface area contributed by atoms with E-state index in [2.05, 4.69) is 10.4 Å². The van der Waals surface area contributed by atoms with Gasteiger partial charge < -0.3 is 15.2 Å². The number of hydrogen-bond acceptors (Lipinski definition) is 5. The Morgan fingerprint density at radius 1 is 1.25 bits per heavy atom. The number of rotatable bonds is 6. The maximum atomic E-state index is 12.3. The Labute approximate surface area is 137 Å². The van der Waals surface area contributed by atoms with E-state index in [1.165, 1.54) is 26.3 Å². The van der Waals surface area contributed by atoms with Crippen LogP contribution in [-0.2, 0) is 11.8 Å². The van der Waals surface area contributed by atoms with Gasteiger partial charge >= 0.3 is 5.97 Å². The fourth-order valence-corrected chi connectivity index (χ4v) is 2.12. The number of aromatic nitrogens is 2. The van der Waals surface area contributed by atoms with Crippen LogP contribution in [0.3, 0.4) is 0 Å². The summed E-state index contributed by atoms with van der Waals surface area (Å²) in [5, 5.41) is 15.6. The Balaban J connectivity index is 2.23. The van der Waals surface area contributed by atoms with Crippen molar-refractivity contribution < 1.29 is 19.4 Å². The van der Waals surface area contributed by atoms with E-state index < -0.39 is 17.9 Å². The van der Waals surface area contributed by atoms with Crippen LogP contribution in [0.1, 0.15) is 28.5 Å². The molecular formula is C16H17N3O5. The number of carboxylic acids is 1. The van der Waals surface area contributed by atoms with Crippen molar-refractivity contribution in [2.75, 3.05) is 7.11 Å². The number of carbonyl (C=O) groups is 2. The fraction of sp³-hybridized carbons (Fsp3) is 0.250. The van der Waals surface area contributed by atoms with Gasteiger partial charge in [0.25, 0.3) is 11.5 Å². The molecule has 126 valence electrons. The van der Waals surface area contributed by atoms with Gasteiger partial charge in [0.1, 0.15) is 11.4 Å². The van der Waals surface area contributed by atoms with Gasteiger partial charge in [-0.25, -0.2) is 4.68 Å². The average molecular weight is 331 g/mol. The second kappa shape index (κ2) is 7.40. The number of nitrogens with zero attached hydrogens (tertiary/aromatic N) is 2. The maximum absolute atomic E-state index is 12.3. The molecule has 1 aromatic heterocycles. The first-order chi connectivity index (χ1) is 11.4. The number of aliphatic carboxylic acids is 1. The van der Waals surface area contributed by atoms with Gasteiger partial charge in [-0.05, 0) is 23.8 Å². The van der Waals surface area contributed by atoms with Crippen LogP contribution < -0.4 is 15.6 Å². The summed E-state index contributed by atoms with van der Waals surface area (Å²) in [4.78, 5) is 34.7. The molecule has 0 aliphatic heterocycles. The Morgan fingerprint density at radius 3 is 2.46 bits per heavy atom. The lowest BCUT2D eigenvalue weighted by Gasteiger charge is -2.17. The Bertz CT molecular complexity index is 798.